The molecule has 0 aliphatic carbocycles. The normalized spacial score (nSPS) is 16.6. The maximum Gasteiger partial charge on any atom is 0.318 e. The molecule has 0 saturated heterocycles. The van der Waals surface area contributed by atoms with Gasteiger partial charge in [0.15, 0.2) is 0 Å². The Labute approximate surface area is 149 Å². The van der Waals surface area contributed by atoms with Crippen LogP contribution in [0.2, 0.25) is 0 Å². The van der Waals surface area contributed by atoms with Crippen molar-refractivity contribution < 1.29 is 9.53 Å². The van der Waals surface area contributed by atoms with Crippen molar-refractivity contribution in [1.82, 2.24) is 14.8 Å². The van der Waals surface area contributed by atoms with E-state index < -0.39 is 0 Å². The van der Waals surface area contributed by atoms with Crippen LogP contribution >= 0.6 is 0 Å². The lowest BCUT2D eigenvalue weighted by Crippen LogP contribution is -2.49. The Morgan fingerprint density at radius 3 is 2.56 bits per heavy atom. The van der Waals surface area contributed by atoms with E-state index >= 15 is 0 Å². The zero-order chi connectivity index (χ0) is 17.8. The number of benzene rings is 1. The number of fused-ring (bicyclic) bond motifs is 1. The fraction of sp³-hybridized carbons (Fsp3) is 0.450. The minimum atomic E-state index is -0.0796. The first-order chi connectivity index (χ1) is 12.2. The van der Waals surface area contributed by atoms with Gasteiger partial charge >= 0.3 is 6.03 Å². The summed E-state index contributed by atoms with van der Waals surface area (Å²) in [6.45, 7) is 5.74. The average molecular weight is 341 g/mol. The second-order valence-corrected chi connectivity index (χ2v) is 6.46. The predicted octanol–water partition coefficient (Wildman–Crippen LogP) is 3.80. The van der Waals surface area contributed by atoms with Crippen molar-refractivity contribution in [3.63, 3.8) is 0 Å². The maximum atomic E-state index is 12.9. The molecule has 2 aromatic rings. The van der Waals surface area contributed by atoms with Crippen LogP contribution in [-0.2, 0) is 6.54 Å². The molecule has 0 unspecified atom stereocenters. The van der Waals surface area contributed by atoms with Crippen LogP contribution in [0.25, 0.3) is 0 Å². The van der Waals surface area contributed by atoms with E-state index in [4.69, 9.17) is 4.74 Å². The van der Waals surface area contributed by atoms with Crippen molar-refractivity contribution in [3.8, 4) is 5.75 Å². The summed E-state index contributed by atoms with van der Waals surface area (Å²) in [5.41, 5.74) is 2.25. The third-order valence-corrected chi connectivity index (χ3v) is 5.04. The van der Waals surface area contributed by atoms with Crippen LogP contribution in [0.5, 0.6) is 5.75 Å². The lowest BCUT2D eigenvalue weighted by molar-refractivity contribution is 0.164. The van der Waals surface area contributed by atoms with Gasteiger partial charge in [0.1, 0.15) is 5.75 Å². The molecular weight excluding hydrogens is 314 g/mol. The summed E-state index contributed by atoms with van der Waals surface area (Å²) in [5, 5.41) is 3.18. The molecular formula is C20H27N3O2. The number of hydrogen-bond donors (Lipinski definition) is 1. The highest BCUT2D eigenvalue weighted by Crippen LogP contribution is 2.33. The molecule has 0 fully saturated rings. The highest BCUT2D eigenvalue weighted by Gasteiger charge is 2.32. The molecule has 3 rings (SSSR count). The summed E-state index contributed by atoms with van der Waals surface area (Å²) in [6, 6.07) is 12.3. The molecule has 0 saturated carbocycles. The Balaban J connectivity index is 1.92. The minimum Gasteiger partial charge on any atom is -0.497 e. The largest absolute Gasteiger partial charge is 0.497 e. The van der Waals surface area contributed by atoms with Crippen molar-refractivity contribution in [1.29, 1.82) is 0 Å². The second-order valence-electron chi connectivity index (χ2n) is 6.46. The van der Waals surface area contributed by atoms with Crippen LogP contribution in [0.15, 0.2) is 42.6 Å². The molecule has 0 bridgehead atoms. The molecule has 1 N–H and O–H groups in total. The number of carbonyl (C=O) groups is 1. The monoisotopic (exact) mass is 341 g/mol. The zero-order valence-electron chi connectivity index (χ0n) is 15.2. The van der Waals surface area contributed by atoms with Crippen molar-refractivity contribution in [3.05, 3.63) is 53.9 Å². The van der Waals surface area contributed by atoms with Crippen LogP contribution in [0.4, 0.5) is 4.79 Å². The number of methoxy groups -OCH3 is 1. The van der Waals surface area contributed by atoms with Crippen molar-refractivity contribution >= 4 is 6.03 Å². The summed E-state index contributed by atoms with van der Waals surface area (Å²) >= 11 is 0. The van der Waals surface area contributed by atoms with Gasteiger partial charge in [-0.05, 0) is 42.7 Å². The van der Waals surface area contributed by atoms with E-state index in [0.29, 0.717) is 6.54 Å². The van der Waals surface area contributed by atoms with E-state index in [-0.39, 0.29) is 18.1 Å². The van der Waals surface area contributed by atoms with E-state index in [1.54, 1.807) is 7.11 Å². The number of aromatic nitrogens is 1. The molecule has 2 heterocycles. The SMILES string of the molecule is CCC(CC)NC(=O)N1CCn2cccc2[C@H]1c1ccc(OC)cc1. The molecule has 1 aliphatic rings. The van der Waals surface area contributed by atoms with Gasteiger partial charge in [-0.3, -0.25) is 0 Å². The molecule has 1 aromatic carbocycles. The van der Waals surface area contributed by atoms with Gasteiger partial charge in [-0.1, -0.05) is 26.0 Å². The quantitative estimate of drug-likeness (QED) is 0.899. The van der Waals surface area contributed by atoms with Crippen molar-refractivity contribution in [2.75, 3.05) is 13.7 Å². The lowest BCUT2D eigenvalue weighted by Gasteiger charge is -2.38. The first-order valence-corrected chi connectivity index (χ1v) is 9.04. The molecule has 0 spiro atoms. The molecule has 2 amide bonds. The van der Waals surface area contributed by atoms with Gasteiger partial charge in [0.05, 0.1) is 13.2 Å². The van der Waals surface area contributed by atoms with Gasteiger partial charge in [0.2, 0.25) is 0 Å². The average Bonchev–Trinajstić information content (AvgIpc) is 3.14. The molecule has 25 heavy (non-hydrogen) atoms. The number of urea groups is 1. The predicted molar refractivity (Wildman–Crippen MR) is 98.9 cm³/mol. The summed E-state index contributed by atoms with van der Waals surface area (Å²) in [4.78, 5) is 14.9. The fourth-order valence-corrected chi connectivity index (χ4v) is 3.49. The van der Waals surface area contributed by atoms with E-state index in [1.165, 1.54) is 0 Å². The van der Waals surface area contributed by atoms with E-state index in [0.717, 1.165) is 36.4 Å². The lowest BCUT2D eigenvalue weighted by atomic mass is 10.00. The number of nitrogens with zero attached hydrogens (tertiary/aromatic N) is 2. The topological polar surface area (TPSA) is 46.5 Å². The second kappa shape index (κ2) is 7.64. The summed E-state index contributed by atoms with van der Waals surface area (Å²) in [6.07, 6.45) is 3.97. The number of amides is 2. The van der Waals surface area contributed by atoms with Gasteiger partial charge in [-0.25, -0.2) is 4.79 Å². The van der Waals surface area contributed by atoms with Crippen molar-refractivity contribution in [2.24, 2.45) is 0 Å². The Morgan fingerprint density at radius 1 is 1.20 bits per heavy atom. The fourth-order valence-electron chi connectivity index (χ4n) is 3.49. The van der Waals surface area contributed by atoms with Crippen LogP contribution in [0, 0.1) is 0 Å². The van der Waals surface area contributed by atoms with Gasteiger partial charge in [-0.2, -0.15) is 0 Å². The molecule has 5 heteroatoms. The standard InChI is InChI=1S/C20H27N3O2/c1-4-16(5-2)21-20(24)23-14-13-22-12-6-7-18(22)19(23)15-8-10-17(25-3)11-9-15/h6-12,16,19H,4-5,13-14H2,1-3H3,(H,21,24)/t19-/m1/s1. The molecule has 1 aromatic heterocycles. The zero-order valence-corrected chi connectivity index (χ0v) is 15.2. The summed E-state index contributed by atoms with van der Waals surface area (Å²) < 4.78 is 7.50. The van der Waals surface area contributed by atoms with Gasteiger partial charge in [0, 0.05) is 31.0 Å². The van der Waals surface area contributed by atoms with E-state index in [1.807, 2.05) is 35.2 Å². The van der Waals surface area contributed by atoms with Crippen LogP contribution in [0.1, 0.15) is 44.0 Å². The third kappa shape index (κ3) is 3.50. The molecule has 1 atom stereocenters. The number of rotatable bonds is 5. The Hall–Kier alpha value is -2.43. The van der Waals surface area contributed by atoms with Crippen molar-refractivity contribution in [2.45, 2.75) is 45.3 Å². The van der Waals surface area contributed by atoms with Gasteiger partial charge in [-0.15, -0.1) is 0 Å². The molecule has 5 nitrogen and oxygen atoms in total. The molecule has 134 valence electrons. The molecule has 1 aliphatic heterocycles. The first-order valence-electron chi connectivity index (χ1n) is 9.04. The first kappa shape index (κ1) is 17.4. The van der Waals surface area contributed by atoms with Crippen LogP contribution < -0.4 is 10.1 Å². The third-order valence-electron chi connectivity index (χ3n) is 5.04. The minimum absolute atomic E-state index is 0.0157. The van der Waals surface area contributed by atoms with Gasteiger partial charge < -0.3 is 19.5 Å². The van der Waals surface area contributed by atoms with Gasteiger partial charge in [0.25, 0.3) is 0 Å². The summed E-state index contributed by atoms with van der Waals surface area (Å²) in [7, 11) is 1.66. The Bertz CT molecular complexity index is 704. The molecule has 0 radical (unpaired) electrons. The Morgan fingerprint density at radius 2 is 1.92 bits per heavy atom. The number of ether oxygens (including phenoxy) is 1. The highest BCUT2D eigenvalue weighted by atomic mass is 16.5. The number of nitrogens with one attached hydrogen (secondary N) is 1. The summed E-state index contributed by atoms with van der Waals surface area (Å²) in [5.74, 6) is 0.822. The van der Waals surface area contributed by atoms with E-state index in [2.05, 4.69) is 36.0 Å². The maximum absolute atomic E-state index is 12.9. The van der Waals surface area contributed by atoms with Crippen LogP contribution in [0.3, 0.4) is 0 Å². The smallest absolute Gasteiger partial charge is 0.318 e. The number of carbonyl (C=O) groups excluding carboxylic acids is 1. The highest BCUT2D eigenvalue weighted by molar-refractivity contribution is 5.76. The number of hydrogen-bond acceptors (Lipinski definition) is 2. The Kier molecular flexibility index (Phi) is 5.31. The van der Waals surface area contributed by atoms with Crippen LogP contribution in [-0.4, -0.2) is 35.2 Å². The van der Waals surface area contributed by atoms with E-state index in [9.17, 15) is 4.79 Å².